The Balaban J connectivity index is 1.92. The fourth-order valence-electron chi connectivity index (χ4n) is 2.99. The van der Waals surface area contributed by atoms with Gasteiger partial charge in [-0.05, 0) is 24.6 Å². The smallest absolute Gasteiger partial charge is 0.272 e. The lowest BCUT2D eigenvalue weighted by Gasteiger charge is -2.13. The first-order valence-corrected chi connectivity index (χ1v) is 11.8. The average molecular weight is 483 g/mol. The average Bonchev–Trinajstić information content (AvgIpc) is 2.75. The Morgan fingerprint density at radius 2 is 1.77 bits per heavy atom. The maximum absolute atomic E-state index is 12.8. The summed E-state index contributed by atoms with van der Waals surface area (Å²) in [6.45, 7) is 2.38. The number of hydrogen-bond donors (Lipinski definition) is 2. The van der Waals surface area contributed by atoms with Gasteiger partial charge < -0.3 is 0 Å². The van der Waals surface area contributed by atoms with E-state index in [1.807, 2.05) is 11.8 Å². The molecule has 1 amide bonds. The number of sulfonamides is 1. The predicted octanol–water partition coefficient (Wildman–Crippen LogP) is 3.52. The first-order valence-electron chi connectivity index (χ1n) is 9.52. The molecule has 11 heteroatoms. The molecule has 0 saturated heterocycles. The Labute approximate surface area is 189 Å². The molecule has 0 unspecified atom stereocenters. The molecule has 2 aromatic carbocycles. The van der Waals surface area contributed by atoms with Gasteiger partial charge in [-0.15, -0.1) is 4.83 Å². The number of carbonyl (C=O) groups excluding carboxylic acids is 1. The van der Waals surface area contributed by atoms with Crippen LogP contribution in [0.2, 0.25) is 10.0 Å². The van der Waals surface area contributed by atoms with Crippen LogP contribution < -0.4 is 15.8 Å². The van der Waals surface area contributed by atoms with Crippen LogP contribution in [0.5, 0.6) is 0 Å². The summed E-state index contributed by atoms with van der Waals surface area (Å²) in [7, 11) is -4.20. The first-order chi connectivity index (χ1) is 14.8. The maximum Gasteiger partial charge on any atom is 0.287 e. The molecule has 0 aliphatic carbocycles. The number of amides is 1. The molecular weight excluding hydrogens is 463 g/mol. The number of halogens is 2. The summed E-state index contributed by atoms with van der Waals surface area (Å²) in [5, 5.41) is 4.71. The van der Waals surface area contributed by atoms with E-state index in [1.165, 1.54) is 22.9 Å². The largest absolute Gasteiger partial charge is 0.287 e. The molecule has 3 rings (SSSR count). The summed E-state index contributed by atoms with van der Waals surface area (Å²) in [5.74, 6) is -0.817. The topological polar surface area (TPSA) is 110 Å². The van der Waals surface area contributed by atoms with E-state index >= 15 is 0 Å². The quantitative estimate of drug-likeness (QED) is 0.376. The minimum absolute atomic E-state index is 0.0580. The lowest BCUT2D eigenvalue weighted by molar-refractivity contribution is 0.0939. The van der Waals surface area contributed by atoms with Gasteiger partial charge in [0.2, 0.25) is 0 Å². The van der Waals surface area contributed by atoms with Crippen molar-refractivity contribution in [2.45, 2.75) is 37.6 Å². The molecule has 0 bridgehead atoms. The predicted molar refractivity (Wildman–Crippen MR) is 120 cm³/mol. The SMILES string of the molecule is CCCCCn1nc(C(=O)NNS(=O)(=O)c2cccc(Cl)c2Cl)c2ccccc2c1=O. The molecule has 8 nitrogen and oxygen atoms in total. The number of aromatic nitrogens is 2. The van der Waals surface area contributed by atoms with Crippen LogP contribution in [-0.4, -0.2) is 24.1 Å². The van der Waals surface area contributed by atoms with Gasteiger partial charge in [-0.25, -0.2) is 13.1 Å². The van der Waals surface area contributed by atoms with E-state index in [2.05, 4.69) is 10.5 Å². The molecule has 1 heterocycles. The van der Waals surface area contributed by atoms with E-state index in [1.54, 1.807) is 24.3 Å². The second-order valence-electron chi connectivity index (χ2n) is 6.74. The zero-order chi connectivity index (χ0) is 22.6. The molecule has 0 saturated carbocycles. The fraction of sp³-hybridized carbons (Fsp3) is 0.250. The summed E-state index contributed by atoms with van der Waals surface area (Å²) in [6.07, 6.45) is 2.59. The highest BCUT2D eigenvalue weighted by molar-refractivity contribution is 7.89. The van der Waals surface area contributed by atoms with E-state index in [4.69, 9.17) is 23.2 Å². The second-order valence-corrected chi connectivity index (χ2v) is 9.18. The zero-order valence-electron chi connectivity index (χ0n) is 16.6. The van der Waals surface area contributed by atoms with E-state index < -0.39 is 15.9 Å². The Kier molecular flexibility index (Phi) is 7.32. The van der Waals surface area contributed by atoms with Crippen molar-refractivity contribution < 1.29 is 13.2 Å². The van der Waals surface area contributed by atoms with Gasteiger partial charge in [-0.2, -0.15) is 5.10 Å². The van der Waals surface area contributed by atoms with Crippen molar-refractivity contribution >= 4 is 49.9 Å². The second kappa shape index (κ2) is 9.78. The number of unbranched alkanes of at least 4 members (excludes halogenated alkanes) is 2. The van der Waals surface area contributed by atoms with Gasteiger partial charge >= 0.3 is 0 Å². The van der Waals surface area contributed by atoms with Gasteiger partial charge in [0.05, 0.1) is 15.4 Å². The zero-order valence-corrected chi connectivity index (χ0v) is 18.9. The summed E-state index contributed by atoms with van der Waals surface area (Å²) in [4.78, 5) is 27.2. The highest BCUT2D eigenvalue weighted by Gasteiger charge is 2.22. The van der Waals surface area contributed by atoms with Crippen LogP contribution in [0.1, 0.15) is 36.7 Å². The normalized spacial score (nSPS) is 11.6. The Morgan fingerprint density at radius 3 is 2.48 bits per heavy atom. The third-order valence-corrected chi connectivity index (χ3v) is 6.78. The third-order valence-electron chi connectivity index (χ3n) is 4.56. The van der Waals surface area contributed by atoms with Gasteiger partial charge in [0.1, 0.15) is 4.90 Å². The number of rotatable bonds is 8. The molecule has 0 aliphatic rings. The van der Waals surface area contributed by atoms with Gasteiger partial charge in [0.15, 0.2) is 5.69 Å². The van der Waals surface area contributed by atoms with Crippen LogP contribution in [0, 0.1) is 0 Å². The van der Waals surface area contributed by atoms with Gasteiger partial charge in [-0.3, -0.25) is 15.0 Å². The monoisotopic (exact) mass is 482 g/mol. The molecule has 1 aromatic heterocycles. The number of fused-ring (bicyclic) bond motifs is 1. The van der Waals surface area contributed by atoms with Crippen molar-refractivity contribution in [3.63, 3.8) is 0 Å². The minimum atomic E-state index is -4.20. The molecule has 0 fully saturated rings. The van der Waals surface area contributed by atoms with Crippen LogP contribution in [0.15, 0.2) is 52.2 Å². The van der Waals surface area contributed by atoms with E-state index in [-0.39, 0.29) is 26.2 Å². The number of carbonyl (C=O) groups is 1. The first kappa shape index (κ1) is 23.2. The number of aryl methyl sites for hydroxylation is 1. The van der Waals surface area contributed by atoms with Gasteiger partial charge in [-0.1, -0.05) is 67.2 Å². The van der Waals surface area contributed by atoms with Crippen LogP contribution >= 0.6 is 23.2 Å². The van der Waals surface area contributed by atoms with Crippen LogP contribution in [0.4, 0.5) is 0 Å². The van der Waals surface area contributed by atoms with Crippen LogP contribution in [0.3, 0.4) is 0 Å². The minimum Gasteiger partial charge on any atom is -0.272 e. The maximum atomic E-state index is 12.8. The molecule has 2 N–H and O–H groups in total. The van der Waals surface area contributed by atoms with Gasteiger partial charge in [0.25, 0.3) is 21.5 Å². The Hall–Kier alpha value is -2.46. The fourth-order valence-corrected chi connectivity index (χ4v) is 4.59. The summed E-state index contributed by atoms with van der Waals surface area (Å²) < 4.78 is 26.3. The van der Waals surface area contributed by atoms with E-state index in [0.717, 1.165) is 19.3 Å². The summed E-state index contributed by atoms with van der Waals surface area (Å²) in [6, 6.07) is 10.7. The molecule has 164 valence electrons. The summed E-state index contributed by atoms with van der Waals surface area (Å²) in [5.41, 5.74) is 1.75. The van der Waals surface area contributed by atoms with Crippen molar-refractivity contribution in [1.29, 1.82) is 0 Å². The molecule has 0 radical (unpaired) electrons. The number of hydrazine groups is 1. The standard InChI is InChI=1S/C20H20Cl2N4O4S/c1-2-3-6-12-26-20(28)14-9-5-4-8-13(14)18(24-26)19(27)23-25-31(29,30)16-11-7-10-15(21)17(16)22/h4-5,7-11,25H,2-3,6,12H2,1H3,(H,23,27). The lowest BCUT2D eigenvalue weighted by atomic mass is 10.1. The molecule has 31 heavy (non-hydrogen) atoms. The number of benzene rings is 2. The molecule has 3 aromatic rings. The van der Waals surface area contributed by atoms with Crippen LogP contribution in [-0.2, 0) is 16.6 Å². The number of nitrogens with zero attached hydrogens (tertiary/aromatic N) is 2. The van der Waals surface area contributed by atoms with Gasteiger partial charge in [0, 0.05) is 11.9 Å². The highest BCUT2D eigenvalue weighted by Crippen LogP contribution is 2.28. The molecule has 0 aliphatic heterocycles. The van der Waals surface area contributed by atoms with Crippen molar-refractivity contribution in [3.8, 4) is 0 Å². The van der Waals surface area contributed by atoms with E-state index in [9.17, 15) is 18.0 Å². The molecule has 0 spiro atoms. The third kappa shape index (κ3) is 5.07. The number of nitrogens with one attached hydrogen (secondary N) is 2. The van der Waals surface area contributed by atoms with E-state index in [0.29, 0.717) is 17.3 Å². The molecular formula is C20H20Cl2N4O4S. The molecule has 0 atom stereocenters. The van der Waals surface area contributed by atoms with Crippen molar-refractivity contribution in [2.24, 2.45) is 0 Å². The number of hydrogen-bond acceptors (Lipinski definition) is 5. The lowest BCUT2D eigenvalue weighted by Crippen LogP contribution is -2.42. The van der Waals surface area contributed by atoms with Crippen molar-refractivity contribution in [2.75, 3.05) is 0 Å². The van der Waals surface area contributed by atoms with Crippen molar-refractivity contribution in [3.05, 3.63) is 68.6 Å². The van der Waals surface area contributed by atoms with Crippen molar-refractivity contribution in [1.82, 2.24) is 20.0 Å². The Morgan fingerprint density at radius 1 is 1.06 bits per heavy atom. The summed E-state index contributed by atoms with van der Waals surface area (Å²) >= 11 is 11.8. The Bertz CT molecular complexity index is 1290. The highest BCUT2D eigenvalue weighted by atomic mass is 35.5. The van der Waals surface area contributed by atoms with Crippen LogP contribution in [0.25, 0.3) is 10.8 Å².